The van der Waals surface area contributed by atoms with E-state index >= 15 is 0 Å². The highest BCUT2D eigenvalue weighted by molar-refractivity contribution is 5.96. The Morgan fingerprint density at radius 3 is 2.47 bits per heavy atom. The number of carbonyl (C=O) groups excluding carboxylic acids is 3. The third kappa shape index (κ3) is 5.05. The van der Waals surface area contributed by atoms with Gasteiger partial charge in [-0.3, -0.25) is 14.4 Å². The van der Waals surface area contributed by atoms with Crippen molar-refractivity contribution in [1.29, 1.82) is 0 Å². The van der Waals surface area contributed by atoms with Crippen molar-refractivity contribution in [3.63, 3.8) is 0 Å². The van der Waals surface area contributed by atoms with Gasteiger partial charge in [-0.2, -0.15) is 0 Å². The number of carbonyl (C=O) groups is 3. The Kier molecular flexibility index (Phi) is 6.51. The molecule has 0 unspecified atom stereocenters. The van der Waals surface area contributed by atoms with Crippen molar-refractivity contribution in [3.05, 3.63) is 65.4 Å². The van der Waals surface area contributed by atoms with Gasteiger partial charge in [0.25, 0.3) is 5.91 Å². The van der Waals surface area contributed by atoms with Gasteiger partial charge in [-0.25, -0.2) is 0 Å². The Morgan fingerprint density at radius 1 is 1.03 bits per heavy atom. The number of rotatable bonds is 7. The molecule has 0 radical (unpaired) electrons. The Balaban J connectivity index is 1.48. The van der Waals surface area contributed by atoms with Gasteiger partial charge in [0.1, 0.15) is 0 Å². The maximum Gasteiger partial charge on any atom is 0.311 e. The topological polar surface area (TPSA) is 100 Å². The van der Waals surface area contributed by atoms with Crippen LogP contribution in [0.5, 0.6) is 0 Å². The molecular weight excluding hydrogens is 382 g/mol. The van der Waals surface area contributed by atoms with Gasteiger partial charge in [-0.05, 0) is 43.5 Å². The van der Waals surface area contributed by atoms with E-state index in [0.29, 0.717) is 0 Å². The molecule has 0 aliphatic rings. The summed E-state index contributed by atoms with van der Waals surface area (Å²) in [5, 5.41) is 6.24. The molecule has 0 bridgehead atoms. The van der Waals surface area contributed by atoms with Crippen molar-refractivity contribution in [2.75, 3.05) is 11.9 Å². The van der Waals surface area contributed by atoms with E-state index < -0.39 is 18.0 Å². The molecule has 2 aromatic carbocycles. The Labute approximate surface area is 174 Å². The predicted octanol–water partition coefficient (Wildman–Crippen LogP) is 3.01. The van der Waals surface area contributed by atoms with Gasteiger partial charge in [0, 0.05) is 22.8 Å². The second kappa shape index (κ2) is 9.26. The van der Waals surface area contributed by atoms with Crippen LogP contribution in [0.4, 0.5) is 5.69 Å². The summed E-state index contributed by atoms with van der Waals surface area (Å²) in [7, 11) is 0. The number of hydrogen-bond donors (Lipinski definition) is 3. The van der Waals surface area contributed by atoms with Gasteiger partial charge >= 0.3 is 5.97 Å². The SMILES string of the molecule is Cc1cccc(C)c1NC(=O)CNC(=O)[C@H](C)OC(=O)Cc1c[nH]c2ccccc12. The summed E-state index contributed by atoms with van der Waals surface area (Å²) in [5.41, 5.74) is 4.34. The number of amides is 2. The van der Waals surface area contributed by atoms with Crippen molar-refractivity contribution >= 4 is 34.4 Å². The van der Waals surface area contributed by atoms with Crippen LogP contribution in [0.1, 0.15) is 23.6 Å². The van der Waals surface area contributed by atoms with Crippen LogP contribution in [-0.4, -0.2) is 35.4 Å². The van der Waals surface area contributed by atoms with E-state index in [2.05, 4.69) is 15.6 Å². The van der Waals surface area contributed by atoms with Crippen molar-refractivity contribution in [1.82, 2.24) is 10.3 Å². The average molecular weight is 407 g/mol. The lowest BCUT2D eigenvalue weighted by molar-refractivity contribution is -0.154. The van der Waals surface area contributed by atoms with Gasteiger partial charge in [0.05, 0.1) is 13.0 Å². The molecule has 3 rings (SSSR count). The number of esters is 1. The van der Waals surface area contributed by atoms with E-state index in [1.54, 1.807) is 6.20 Å². The quantitative estimate of drug-likeness (QED) is 0.524. The summed E-state index contributed by atoms with van der Waals surface area (Å²) >= 11 is 0. The normalized spacial score (nSPS) is 11.7. The number of para-hydroxylation sites is 2. The number of aryl methyl sites for hydroxylation is 2. The summed E-state index contributed by atoms with van der Waals surface area (Å²) in [5.74, 6) is -1.39. The summed E-state index contributed by atoms with van der Waals surface area (Å²) < 4.78 is 5.23. The average Bonchev–Trinajstić information content (AvgIpc) is 3.11. The second-order valence-electron chi connectivity index (χ2n) is 7.20. The van der Waals surface area contributed by atoms with E-state index in [9.17, 15) is 14.4 Å². The Bertz CT molecular complexity index is 1070. The highest BCUT2D eigenvalue weighted by Crippen LogP contribution is 2.19. The lowest BCUT2D eigenvalue weighted by atomic mass is 10.1. The first kappa shape index (κ1) is 21.1. The fourth-order valence-electron chi connectivity index (χ4n) is 3.23. The molecule has 0 saturated heterocycles. The maximum atomic E-state index is 12.2. The van der Waals surface area contributed by atoms with E-state index in [1.165, 1.54) is 6.92 Å². The van der Waals surface area contributed by atoms with Crippen LogP contribution in [0.25, 0.3) is 10.9 Å². The second-order valence-corrected chi connectivity index (χ2v) is 7.20. The van der Waals surface area contributed by atoms with Crippen LogP contribution in [0.15, 0.2) is 48.7 Å². The number of ether oxygens (including phenoxy) is 1. The standard InChI is InChI=1S/C23H25N3O4/c1-14-7-6-8-15(2)22(14)26-20(27)13-25-23(29)16(3)30-21(28)11-17-12-24-19-10-5-4-9-18(17)19/h4-10,12,16,24H,11,13H2,1-3H3,(H,25,29)(H,26,27)/t16-/m0/s1. The van der Waals surface area contributed by atoms with E-state index in [-0.39, 0.29) is 18.9 Å². The minimum atomic E-state index is -1.00. The number of benzene rings is 2. The van der Waals surface area contributed by atoms with Gasteiger partial charge in [0.2, 0.25) is 5.91 Å². The Morgan fingerprint density at radius 2 is 1.73 bits per heavy atom. The lowest BCUT2D eigenvalue weighted by Crippen LogP contribution is -2.40. The molecular formula is C23H25N3O4. The van der Waals surface area contributed by atoms with Crippen molar-refractivity contribution in [2.45, 2.75) is 33.3 Å². The van der Waals surface area contributed by atoms with Crippen LogP contribution < -0.4 is 10.6 Å². The number of fused-ring (bicyclic) bond motifs is 1. The fourth-order valence-corrected chi connectivity index (χ4v) is 3.23. The number of nitrogens with one attached hydrogen (secondary N) is 3. The first-order valence-electron chi connectivity index (χ1n) is 9.73. The zero-order valence-corrected chi connectivity index (χ0v) is 17.2. The van der Waals surface area contributed by atoms with Crippen molar-refractivity contribution < 1.29 is 19.1 Å². The Hall–Kier alpha value is -3.61. The van der Waals surface area contributed by atoms with Crippen molar-refractivity contribution in [3.8, 4) is 0 Å². The smallest absolute Gasteiger partial charge is 0.311 e. The number of aromatic nitrogens is 1. The predicted molar refractivity (Wildman–Crippen MR) is 115 cm³/mol. The fraction of sp³-hybridized carbons (Fsp3) is 0.261. The molecule has 1 heterocycles. The summed E-state index contributed by atoms with van der Waals surface area (Å²) in [6.07, 6.45) is 0.805. The van der Waals surface area contributed by atoms with Gasteiger partial charge < -0.3 is 20.4 Å². The molecule has 3 aromatic rings. The van der Waals surface area contributed by atoms with Gasteiger partial charge in [0.15, 0.2) is 6.10 Å². The van der Waals surface area contributed by atoms with Crippen LogP contribution in [-0.2, 0) is 25.5 Å². The molecule has 0 spiro atoms. The molecule has 156 valence electrons. The first-order valence-corrected chi connectivity index (χ1v) is 9.73. The molecule has 0 aliphatic carbocycles. The number of H-pyrrole nitrogens is 1. The first-order chi connectivity index (χ1) is 14.3. The van der Waals surface area contributed by atoms with E-state index in [4.69, 9.17) is 4.74 Å². The third-order valence-electron chi connectivity index (χ3n) is 4.86. The van der Waals surface area contributed by atoms with Crippen molar-refractivity contribution in [2.24, 2.45) is 0 Å². The largest absolute Gasteiger partial charge is 0.452 e. The molecule has 1 aromatic heterocycles. The summed E-state index contributed by atoms with van der Waals surface area (Å²) in [4.78, 5) is 39.7. The van der Waals surface area contributed by atoms with E-state index in [0.717, 1.165) is 33.3 Å². The molecule has 0 fully saturated rings. The molecule has 30 heavy (non-hydrogen) atoms. The molecule has 0 aliphatic heterocycles. The molecule has 3 N–H and O–H groups in total. The van der Waals surface area contributed by atoms with Crippen LogP contribution in [0.2, 0.25) is 0 Å². The minimum Gasteiger partial charge on any atom is -0.452 e. The number of hydrogen-bond acceptors (Lipinski definition) is 4. The summed E-state index contributed by atoms with van der Waals surface area (Å²) in [6.45, 7) is 5.07. The highest BCUT2D eigenvalue weighted by atomic mass is 16.5. The molecule has 0 saturated carbocycles. The molecule has 7 nitrogen and oxygen atoms in total. The highest BCUT2D eigenvalue weighted by Gasteiger charge is 2.19. The number of anilines is 1. The minimum absolute atomic E-state index is 0.0503. The lowest BCUT2D eigenvalue weighted by Gasteiger charge is -2.14. The van der Waals surface area contributed by atoms with Crippen LogP contribution >= 0.6 is 0 Å². The number of aromatic amines is 1. The monoisotopic (exact) mass is 407 g/mol. The van der Waals surface area contributed by atoms with E-state index in [1.807, 2.05) is 56.3 Å². The zero-order valence-electron chi connectivity index (χ0n) is 17.2. The third-order valence-corrected chi connectivity index (χ3v) is 4.86. The molecule has 7 heteroatoms. The maximum absolute atomic E-state index is 12.2. The zero-order chi connectivity index (χ0) is 21.7. The van der Waals surface area contributed by atoms with Crippen LogP contribution in [0.3, 0.4) is 0 Å². The van der Waals surface area contributed by atoms with Gasteiger partial charge in [-0.15, -0.1) is 0 Å². The molecule has 2 amide bonds. The molecule has 1 atom stereocenters. The van der Waals surface area contributed by atoms with Gasteiger partial charge in [-0.1, -0.05) is 36.4 Å². The van der Waals surface area contributed by atoms with Crippen LogP contribution in [0, 0.1) is 13.8 Å². The summed E-state index contributed by atoms with van der Waals surface area (Å²) in [6, 6.07) is 13.3.